The number of likely N-dealkylation sites (tertiary alicyclic amines) is 1. The summed E-state index contributed by atoms with van der Waals surface area (Å²) in [5, 5.41) is 14.1. The highest BCUT2D eigenvalue weighted by Crippen LogP contribution is 2.38. The second-order valence-electron chi connectivity index (χ2n) is 5.96. The van der Waals surface area contributed by atoms with Crippen LogP contribution >= 0.6 is 0 Å². The van der Waals surface area contributed by atoms with E-state index in [4.69, 9.17) is 0 Å². The molecule has 2 saturated heterocycles. The van der Waals surface area contributed by atoms with Crippen LogP contribution in [0.5, 0.6) is 0 Å². The molecule has 0 aliphatic carbocycles. The maximum Gasteiger partial charge on any atom is 0.229 e. The lowest BCUT2D eigenvalue weighted by Gasteiger charge is -2.26. The summed E-state index contributed by atoms with van der Waals surface area (Å²) in [6.07, 6.45) is 4.38. The van der Waals surface area contributed by atoms with Gasteiger partial charge in [0.2, 0.25) is 5.91 Å². The normalized spacial score (nSPS) is 29.6. The van der Waals surface area contributed by atoms with Gasteiger partial charge < -0.3 is 15.5 Å². The zero-order valence-electron chi connectivity index (χ0n) is 11.9. The van der Waals surface area contributed by atoms with Gasteiger partial charge in [-0.1, -0.05) is 5.21 Å². The summed E-state index contributed by atoms with van der Waals surface area (Å²) < 4.78 is 1.79. The van der Waals surface area contributed by atoms with Crippen molar-refractivity contribution in [3.8, 4) is 0 Å². The molecule has 2 N–H and O–H groups in total. The Morgan fingerprint density at radius 3 is 3.30 bits per heavy atom. The number of rotatable bonds is 5. The molecule has 20 heavy (non-hydrogen) atoms. The largest absolute Gasteiger partial charge is 0.355 e. The molecule has 1 aromatic heterocycles. The van der Waals surface area contributed by atoms with Gasteiger partial charge in [0.1, 0.15) is 0 Å². The molecule has 7 heteroatoms. The Hall–Kier alpha value is -1.47. The first-order valence-electron chi connectivity index (χ1n) is 7.22. The van der Waals surface area contributed by atoms with Gasteiger partial charge in [-0.2, -0.15) is 0 Å². The van der Waals surface area contributed by atoms with Crippen LogP contribution in [0.15, 0.2) is 12.4 Å². The zero-order chi connectivity index (χ0) is 14.0. The van der Waals surface area contributed by atoms with Crippen molar-refractivity contribution in [1.82, 2.24) is 30.5 Å². The molecule has 0 aromatic carbocycles. The van der Waals surface area contributed by atoms with Crippen molar-refractivity contribution < 1.29 is 4.79 Å². The first-order chi connectivity index (χ1) is 9.71. The van der Waals surface area contributed by atoms with Gasteiger partial charge in [-0.05, 0) is 13.5 Å². The predicted molar refractivity (Wildman–Crippen MR) is 73.9 cm³/mol. The number of carbonyl (C=O) groups excluding carboxylic acids is 1. The lowest BCUT2D eigenvalue weighted by molar-refractivity contribution is -0.130. The van der Waals surface area contributed by atoms with E-state index in [0.717, 1.165) is 39.1 Å². The van der Waals surface area contributed by atoms with E-state index in [0.29, 0.717) is 12.5 Å². The first-order valence-corrected chi connectivity index (χ1v) is 7.22. The maximum atomic E-state index is 12.5. The van der Waals surface area contributed by atoms with E-state index in [9.17, 15) is 4.79 Å². The molecule has 0 spiro atoms. The molecule has 1 aromatic rings. The Bertz CT molecular complexity index is 461. The fourth-order valence-electron chi connectivity index (χ4n) is 3.46. The second kappa shape index (κ2) is 5.49. The molecule has 0 radical (unpaired) electrons. The second-order valence-corrected chi connectivity index (χ2v) is 5.96. The van der Waals surface area contributed by atoms with Gasteiger partial charge in [0.25, 0.3) is 0 Å². The number of hydrogen-bond acceptors (Lipinski definition) is 5. The number of nitrogens with zero attached hydrogens (tertiary/aromatic N) is 4. The molecule has 2 atom stereocenters. The van der Waals surface area contributed by atoms with Crippen LogP contribution in [0.4, 0.5) is 0 Å². The highest BCUT2D eigenvalue weighted by molar-refractivity contribution is 5.84. The van der Waals surface area contributed by atoms with Crippen LogP contribution in [0.25, 0.3) is 0 Å². The van der Waals surface area contributed by atoms with Crippen molar-refractivity contribution in [2.45, 2.75) is 13.0 Å². The topological polar surface area (TPSA) is 75.1 Å². The van der Waals surface area contributed by atoms with Crippen molar-refractivity contribution in [3.05, 3.63) is 12.4 Å². The molecule has 1 amide bonds. The average molecular weight is 278 g/mol. The summed E-state index contributed by atoms with van der Waals surface area (Å²) in [5.74, 6) is 0.651. The van der Waals surface area contributed by atoms with Crippen molar-refractivity contribution in [3.63, 3.8) is 0 Å². The SMILES string of the molecule is CN1C[C@H]2CNC[C@@]2(C(=O)NCCCn2ccnn2)C1. The number of aryl methyl sites for hydroxylation is 1. The van der Waals surface area contributed by atoms with Gasteiger partial charge in [-0.25, -0.2) is 0 Å². The first kappa shape index (κ1) is 13.5. The molecule has 0 unspecified atom stereocenters. The molecule has 2 aliphatic heterocycles. The van der Waals surface area contributed by atoms with Crippen LogP contribution in [-0.4, -0.2) is 65.6 Å². The quantitative estimate of drug-likeness (QED) is 0.671. The number of carbonyl (C=O) groups is 1. The summed E-state index contributed by atoms with van der Waals surface area (Å²) in [6, 6.07) is 0. The van der Waals surface area contributed by atoms with Crippen LogP contribution in [-0.2, 0) is 11.3 Å². The standard InChI is InChI=1S/C13H22N6O/c1-18-8-11-7-14-9-13(11,10-18)12(20)15-3-2-5-19-6-4-16-17-19/h4,6,11,14H,2-3,5,7-10H2,1H3,(H,15,20)/t11-,13-/m1/s1. The molecule has 3 rings (SSSR count). The van der Waals surface area contributed by atoms with E-state index >= 15 is 0 Å². The van der Waals surface area contributed by atoms with Crippen molar-refractivity contribution in [1.29, 1.82) is 0 Å². The van der Waals surface area contributed by atoms with Gasteiger partial charge >= 0.3 is 0 Å². The Morgan fingerprint density at radius 1 is 1.60 bits per heavy atom. The molecule has 0 saturated carbocycles. The smallest absolute Gasteiger partial charge is 0.229 e. The van der Waals surface area contributed by atoms with Crippen LogP contribution in [0.2, 0.25) is 0 Å². The molecule has 110 valence electrons. The van der Waals surface area contributed by atoms with Crippen molar-refractivity contribution >= 4 is 5.91 Å². The third-order valence-electron chi connectivity index (χ3n) is 4.47. The third kappa shape index (κ3) is 2.43. The summed E-state index contributed by atoms with van der Waals surface area (Å²) in [7, 11) is 2.10. The number of hydrogen-bond donors (Lipinski definition) is 2. The molecule has 2 aliphatic rings. The summed E-state index contributed by atoms with van der Waals surface area (Å²) >= 11 is 0. The number of nitrogens with one attached hydrogen (secondary N) is 2. The molecular weight excluding hydrogens is 256 g/mol. The lowest BCUT2D eigenvalue weighted by Crippen LogP contribution is -2.47. The molecule has 2 fully saturated rings. The van der Waals surface area contributed by atoms with Gasteiger partial charge in [0.15, 0.2) is 0 Å². The van der Waals surface area contributed by atoms with E-state index < -0.39 is 0 Å². The number of amides is 1. The van der Waals surface area contributed by atoms with Crippen LogP contribution < -0.4 is 10.6 Å². The van der Waals surface area contributed by atoms with E-state index in [-0.39, 0.29) is 11.3 Å². The van der Waals surface area contributed by atoms with Crippen molar-refractivity contribution in [2.75, 3.05) is 39.8 Å². The van der Waals surface area contributed by atoms with Gasteiger partial charge in [0.05, 0.1) is 11.6 Å². The summed E-state index contributed by atoms with van der Waals surface area (Å²) in [6.45, 7) is 5.11. The van der Waals surface area contributed by atoms with E-state index in [1.54, 1.807) is 10.9 Å². The number of fused-ring (bicyclic) bond motifs is 1. The minimum Gasteiger partial charge on any atom is -0.355 e. The Kier molecular flexibility index (Phi) is 3.71. The average Bonchev–Trinajstić information content (AvgIpc) is 3.09. The minimum absolute atomic E-state index is 0.204. The van der Waals surface area contributed by atoms with Gasteiger partial charge in [-0.15, -0.1) is 5.10 Å². The molecule has 3 heterocycles. The maximum absolute atomic E-state index is 12.5. The lowest BCUT2D eigenvalue weighted by atomic mass is 9.80. The molecule has 7 nitrogen and oxygen atoms in total. The van der Waals surface area contributed by atoms with Crippen LogP contribution in [0, 0.1) is 11.3 Å². The highest BCUT2D eigenvalue weighted by atomic mass is 16.2. The fourth-order valence-corrected chi connectivity index (χ4v) is 3.46. The zero-order valence-corrected chi connectivity index (χ0v) is 11.9. The number of aromatic nitrogens is 3. The Labute approximate surface area is 118 Å². The van der Waals surface area contributed by atoms with E-state index in [1.807, 2.05) is 6.20 Å². The predicted octanol–water partition coefficient (Wildman–Crippen LogP) is -1.06. The molecule has 0 bridgehead atoms. The van der Waals surface area contributed by atoms with Gasteiger partial charge in [-0.3, -0.25) is 9.48 Å². The monoisotopic (exact) mass is 278 g/mol. The Morgan fingerprint density at radius 2 is 2.50 bits per heavy atom. The Balaban J connectivity index is 1.49. The van der Waals surface area contributed by atoms with E-state index in [1.165, 1.54) is 0 Å². The molecular formula is C13H22N6O. The van der Waals surface area contributed by atoms with Crippen LogP contribution in [0.3, 0.4) is 0 Å². The highest BCUT2D eigenvalue weighted by Gasteiger charge is 2.53. The minimum atomic E-state index is -0.220. The van der Waals surface area contributed by atoms with Crippen LogP contribution in [0.1, 0.15) is 6.42 Å². The third-order valence-corrected chi connectivity index (χ3v) is 4.47. The summed E-state index contributed by atoms with van der Waals surface area (Å²) in [5.41, 5.74) is -0.220. The van der Waals surface area contributed by atoms with Crippen molar-refractivity contribution in [2.24, 2.45) is 11.3 Å². The van der Waals surface area contributed by atoms with Gasteiger partial charge in [0, 0.05) is 51.4 Å². The van der Waals surface area contributed by atoms with E-state index in [2.05, 4.69) is 32.9 Å². The fraction of sp³-hybridized carbons (Fsp3) is 0.769. The summed E-state index contributed by atoms with van der Waals surface area (Å²) in [4.78, 5) is 14.8.